The molecule has 0 N–H and O–H groups in total. The number of carbonyl (C=O) groups is 1. The van der Waals surface area contributed by atoms with Crippen LogP contribution in [0.5, 0.6) is 0 Å². The molecule has 0 aliphatic carbocycles. The molecular weight excluding hydrogens is 272 g/mol. The predicted octanol–water partition coefficient (Wildman–Crippen LogP) is 5.26. The molecule has 0 fully saturated rings. The molecule has 0 bridgehead atoms. The van der Waals surface area contributed by atoms with Gasteiger partial charge in [-0.1, -0.05) is 64.1 Å². The van der Waals surface area contributed by atoms with Crippen LogP contribution in [0.4, 0.5) is 0 Å². The Morgan fingerprint density at radius 2 is 1.50 bits per heavy atom. The lowest BCUT2D eigenvalue weighted by molar-refractivity contribution is 0.102. The Morgan fingerprint density at radius 3 is 2.09 bits per heavy atom. The van der Waals surface area contributed by atoms with Gasteiger partial charge in [-0.3, -0.25) is 4.79 Å². The van der Waals surface area contributed by atoms with Crippen molar-refractivity contribution in [2.24, 2.45) is 0 Å². The number of rotatable bonds is 2. The molecular formula is C19H24N2O. The fourth-order valence-corrected chi connectivity index (χ4v) is 2.14. The lowest BCUT2D eigenvalue weighted by Crippen LogP contribution is -1.93. The lowest BCUT2D eigenvalue weighted by atomic mass is 10.0. The van der Waals surface area contributed by atoms with E-state index in [4.69, 9.17) is 0 Å². The van der Waals surface area contributed by atoms with E-state index in [1.165, 1.54) is 0 Å². The fraction of sp³-hybridized carbons (Fsp3) is 0.263. The van der Waals surface area contributed by atoms with Crippen LogP contribution < -0.4 is 0 Å². The summed E-state index contributed by atoms with van der Waals surface area (Å²) in [7, 11) is 0. The van der Waals surface area contributed by atoms with Gasteiger partial charge < -0.3 is 0 Å². The van der Waals surface area contributed by atoms with Crippen LogP contribution in [0.25, 0.3) is 16.8 Å². The van der Waals surface area contributed by atoms with Crippen molar-refractivity contribution in [2.75, 3.05) is 0 Å². The van der Waals surface area contributed by atoms with Crippen LogP contribution in [-0.4, -0.2) is 15.4 Å². The fourth-order valence-electron chi connectivity index (χ4n) is 2.14. The maximum absolute atomic E-state index is 11.9. The second-order valence-electron chi connectivity index (χ2n) is 4.18. The molecule has 2 heterocycles. The summed E-state index contributed by atoms with van der Waals surface area (Å²) in [4.78, 5) is 11.9. The zero-order valence-corrected chi connectivity index (χ0v) is 14.0. The summed E-state index contributed by atoms with van der Waals surface area (Å²) in [6.07, 6.45) is 1.86. The van der Waals surface area contributed by atoms with Crippen LogP contribution in [0.2, 0.25) is 0 Å². The molecule has 3 rings (SSSR count). The van der Waals surface area contributed by atoms with Crippen molar-refractivity contribution >= 4 is 11.3 Å². The predicted molar refractivity (Wildman–Crippen MR) is 93.3 cm³/mol. The summed E-state index contributed by atoms with van der Waals surface area (Å²) >= 11 is 0. The third-order valence-electron chi connectivity index (χ3n) is 2.94. The largest absolute Gasteiger partial charge is 0.294 e. The zero-order valence-electron chi connectivity index (χ0n) is 14.0. The molecule has 0 spiro atoms. The third kappa shape index (κ3) is 3.61. The van der Waals surface area contributed by atoms with E-state index in [0.717, 1.165) is 16.8 Å². The Morgan fingerprint density at radius 1 is 0.909 bits per heavy atom. The van der Waals surface area contributed by atoms with Crippen LogP contribution >= 0.6 is 0 Å². The Kier molecular flexibility index (Phi) is 7.03. The normalized spacial score (nSPS) is 9.32. The van der Waals surface area contributed by atoms with Crippen LogP contribution in [0.3, 0.4) is 0 Å². The molecule has 116 valence electrons. The van der Waals surface area contributed by atoms with E-state index in [-0.39, 0.29) is 5.78 Å². The molecule has 0 unspecified atom stereocenters. The number of fused-ring (bicyclic) bond motifs is 1. The molecule has 2 aromatic heterocycles. The first kappa shape index (κ1) is 17.6. The number of benzene rings is 1. The van der Waals surface area contributed by atoms with Gasteiger partial charge in [-0.25, -0.2) is 4.52 Å². The molecule has 1 aromatic carbocycles. The number of carbonyl (C=O) groups excluding carboxylic acids is 1. The van der Waals surface area contributed by atoms with Crippen molar-refractivity contribution in [3.05, 3.63) is 60.3 Å². The first-order chi connectivity index (χ1) is 10.8. The summed E-state index contributed by atoms with van der Waals surface area (Å²) in [5, 5.41) is 4.50. The molecule has 3 aromatic rings. The van der Waals surface area contributed by atoms with Gasteiger partial charge >= 0.3 is 0 Å². The smallest absolute Gasteiger partial charge is 0.164 e. The number of ketones is 1. The number of Topliss-reactive ketones (excluding diaryl/α,β-unsaturated/α-hetero) is 1. The number of pyridine rings is 1. The average Bonchev–Trinajstić information content (AvgIpc) is 2.99. The van der Waals surface area contributed by atoms with Crippen molar-refractivity contribution in [2.45, 2.75) is 34.6 Å². The molecule has 0 aliphatic heterocycles. The summed E-state index contributed by atoms with van der Waals surface area (Å²) < 4.78 is 1.75. The van der Waals surface area contributed by atoms with Gasteiger partial charge in [0.05, 0.1) is 11.1 Å². The minimum absolute atomic E-state index is 0.0371. The van der Waals surface area contributed by atoms with Crippen LogP contribution in [-0.2, 0) is 0 Å². The van der Waals surface area contributed by atoms with E-state index in [0.29, 0.717) is 5.56 Å². The molecule has 0 aliphatic rings. The highest BCUT2D eigenvalue weighted by atomic mass is 16.1. The monoisotopic (exact) mass is 296 g/mol. The van der Waals surface area contributed by atoms with Crippen molar-refractivity contribution in [1.29, 1.82) is 0 Å². The lowest BCUT2D eigenvalue weighted by Gasteiger charge is -1.98. The average molecular weight is 296 g/mol. The molecule has 0 amide bonds. The van der Waals surface area contributed by atoms with E-state index in [9.17, 15) is 4.79 Å². The van der Waals surface area contributed by atoms with Crippen molar-refractivity contribution in [3.8, 4) is 11.3 Å². The highest BCUT2D eigenvalue weighted by Gasteiger charge is 2.17. The SMILES string of the molecule is CC.CC.CC(=O)c1c(-c2ccccc2)nn2ccccc12. The second-order valence-corrected chi connectivity index (χ2v) is 4.18. The standard InChI is InChI=1S/C15H12N2O.2C2H6/c1-11(18)14-13-9-5-6-10-17(13)16-15(14)12-7-3-2-4-8-12;2*1-2/h2-10H,1H3;2*1-2H3. The van der Waals surface area contributed by atoms with E-state index in [1.54, 1.807) is 11.4 Å². The number of hydrogen-bond acceptors (Lipinski definition) is 2. The molecule has 0 radical (unpaired) electrons. The van der Waals surface area contributed by atoms with E-state index >= 15 is 0 Å². The van der Waals surface area contributed by atoms with Gasteiger partial charge in [-0.05, 0) is 19.1 Å². The van der Waals surface area contributed by atoms with E-state index in [2.05, 4.69) is 5.10 Å². The molecule has 0 saturated carbocycles. The van der Waals surface area contributed by atoms with Gasteiger partial charge in [-0.15, -0.1) is 0 Å². The highest BCUT2D eigenvalue weighted by molar-refractivity contribution is 6.06. The minimum atomic E-state index is 0.0371. The zero-order chi connectivity index (χ0) is 16.5. The highest BCUT2D eigenvalue weighted by Crippen LogP contribution is 2.26. The van der Waals surface area contributed by atoms with E-state index < -0.39 is 0 Å². The molecule has 3 heteroatoms. The Balaban J connectivity index is 0.000000561. The summed E-state index contributed by atoms with van der Waals surface area (Å²) in [6, 6.07) is 15.5. The van der Waals surface area contributed by atoms with Crippen molar-refractivity contribution in [3.63, 3.8) is 0 Å². The van der Waals surface area contributed by atoms with Crippen molar-refractivity contribution in [1.82, 2.24) is 9.61 Å². The number of aromatic nitrogens is 2. The van der Waals surface area contributed by atoms with E-state index in [1.807, 2.05) is 82.4 Å². The van der Waals surface area contributed by atoms with Gasteiger partial charge in [0.15, 0.2) is 5.78 Å². The van der Waals surface area contributed by atoms with Gasteiger partial charge in [-0.2, -0.15) is 5.10 Å². The van der Waals surface area contributed by atoms with Gasteiger partial charge in [0.25, 0.3) is 0 Å². The first-order valence-electron chi connectivity index (χ1n) is 7.81. The summed E-state index contributed by atoms with van der Waals surface area (Å²) in [5.74, 6) is 0.0371. The topological polar surface area (TPSA) is 34.4 Å². The van der Waals surface area contributed by atoms with Crippen LogP contribution in [0, 0.1) is 0 Å². The second kappa shape index (κ2) is 8.78. The quantitative estimate of drug-likeness (QED) is 0.605. The molecule has 3 nitrogen and oxygen atoms in total. The third-order valence-corrected chi connectivity index (χ3v) is 2.94. The molecule has 22 heavy (non-hydrogen) atoms. The van der Waals surface area contributed by atoms with Crippen LogP contribution in [0.15, 0.2) is 54.7 Å². The summed E-state index contributed by atoms with van der Waals surface area (Å²) in [6.45, 7) is 9.58. The van der Waals surface area contributed by atoms with Gasteiger partial charge in [0.2, 0.25) is 0 Å². The summed E-state index contributed by atoms with van der Waals surface area (Å²) in [5.41, 5.74) is 3.24. The number of hydrogen-bond donors (Lipinski definition) is 0. The van der Waals surface area contributed by atoms with Gasteiger partial charge in [0, 0.05) is 11.8 Å². The Hall–Kier alpha value is -2.42. The Bertz CT molecular complexity index is 715. The Labute approximate surface area is 132 Å². The first-order valence-corrected chi connectivity index (χ1v) is 7.81. The molecule has 0 saturated heterocycles. The maximum atomic E-state index is 11.9. The number of nitrogens with zero attached hydrogens (tertiary/aromatic N) is 2. The van der Waals surface area contributed by atoms with Crippen LogP contribution in [0.1, 0.15) is 45.0 Å². The molecule has 0 atom stereocenters. The van der Waals surface area contributed by atoms with Gasteiger partial charge in [0.1, 0.15) is 5.69 Å². The minimum Gasteiger partial charge on any atom is -0.294 e. The maximum Gasteiger partial charge on any atom is 0.164 e. The van der Waals surface area contributed by atoms with Crippen molar-refractivity contribution < 1.29 is 4.79 Å².